The van der Waals surface area contributed by atoms with Gasteiger partial charge in [-0.15, -0.1) is 0 Å². The second kappa shape index (κ2) is 4.02. The molecule has 0 bridgehead atoms. The molecule has 92 valence electrons. The van der Waals surface area contributed by atoms with Gasteiger partial charge in [0.15, 0.2) is 0 Å². The van der Waals surface area contributed by atoms with Crippen LogP contribution in [0.25, 0.3) is 0 Å². The summed E-state index contributed by atoms with van der Waals surface area (Å²) in [5.41, 5.74) is 6.01. The van der Waals surface area contributed by atoms with Gasteiger partial charge in [-0.3, -0.25) is 4.79 Å². The van der Waals surface area contributed by atoms with Gasteiger partial charge < -0.3 is 10.6 Å². The lowest BCUT2D eigenvalue weighted by Gasteiger charge is -2.29. The molecule has 0 aromatic rings. The molecule has 2 saturated carbocycles. The van der Waals surface area contributed by atoms with Crippen molar-refractivity contribution in [3.05, 3.63) is 0 Å². The molecule has 3 heteroatoms. The number of carbonyl (C=O) groups is 1. The molecule has 3 atom stereocenters. The van der Waals surface area contributed by atoms with Gasteiger partial charge >= 0.3 is 0 Å². The van der Waals surface area contributed by atoms with Gasteiger partial charge in [0.2, 0.25) is 5.91 Å². The molecule has 2 aliphatic rings. The molecule has 2 fully saturated rings. The van der Waals surface area contributed by atoms with Crippen LogP contribution in [0.15, 0.2) is 0 Å². The highest BCUT2D eigenvalue weighted by molar-refractivity contribution is 5.82. The van der Waals surface area contributed by atoms with Crippen LogP contribution in [-0.2, 0) is 4.79 Å². The first-order valence-corrected chi connectivity index (χ1v) is 6.44. The van der Waals surface area contributed by atoms with E-state index in [1.165, 1.54) is 12.8 Å². The highest BCUT2D eigenvalue weighted by Gasteiger charge is 2.52. The molecule has 0 aromatic carbocycles. The van der Waals surface area contributed by atoms with Crippen LogP contribution in [0.2, 0.25) is 0 Å². The molecule has 3 unspecified atom stereocenters. The highest BCUT2D eigenvalue weighted by atomic mass is 16.2. The number of hydrogen-bond donors (Lipinski definition) is 1. The van der Waals surface area contributed by atoms with Crippen LogP contribution >= 0.6 is 0 Å². The van der Waals surface area contributed by atoms with Crippen LogP contribution in [0, 0.1) is 17.3 Å². The van der Waals surface area contributed by atoms with Gasteiger partial charge in [0, 0.05) is 19.0 Å². The first-order chi connectivity index (χ1) is 7.47. The average molecular weight is 224 g/mol. The lowest BCUT2D eigenvalue weighted by atomic mass is 10.0. The Morgan fingerprint density at radius 1 is 1.44 bits per heavy atom. The van der Waals surface area contributed by atoms with Gasteiger partial charge in [-0.25, -0.2) is 0 Å². The van der Waals surface area contributed by atoms with Gasteiger partial charge in [0.1, 0.15) is 0 Å². The zero-order valence-electron chi connectivity index (χ0n) is 10.7. The van der Waals surface area contributed by atoms with Crippen LogP contribution in [0.3, 0.4) is 0 Å². The molecule has 0 aromatic heterocycles. The van der Waals surface area contributed by atoms with Crippen LogP contribution in [0.5, 0.6) is 0 Å². The number of hydrogen-bond acceptors (Lipinski definition) is 2. The number of nitrogens with two attached hydrogens (primary N) is 1. The van der Waals surface area contributed by atoms with Gasteiger partial charge in [-0.2, -0.15) is 0 Å². The lowest BCUT2D eigenvalue weighted by molar-refractivity contribution is -0.134. The SMILES string of the molecule is CN(C(=O)C1CC1(C)C)C1CCCC1CN. The van der Waals surface area contributed by atoms with Crippen molar-refractivity contribution in [2.75, 3.05) is 13.6 Å². The number of amides is 1. The first-order valence-electron chi connectivity index (χ1n) is 6.44. The summed E-state index contributed by atoms with van der Waals surface area (Å²) in [5.74, 6) is 1.13. The van der Waals surface area contributed by atoms with Crippen molar-refractivity contribution >= 4 is 5.91 Å². The number of rotatable bonds is 3. The second-order valence-corrected chi connectivity index (χ2v) is 6.19. The Morgan fingerprint density at radius 2 is 2.06 bits per heavy atom. The third-order valence-electron chi connectivity index (χ3n) is 4.58. The van der Waals surface area contributed by atoms with E-state index in [9.17, 15) is 4.79 Å². The van der Waals surface area contributed by atoms with E-state index in [-0.39, 0.29) is 11.3 Å². The summed E-state index contributed by atoms with van der Waals surface area (Å²) in [6.45, 7) is 5.08. The molecular weight excluding hydrogens is 200 g/mol. The fourth-order valence-corrected chi connectivity index (χ4v) is 3.10. The largest absolute Gasteiger partial charge is 0.342 e. The van der Waals surface area contributed by atoms with E-state index in [0.717, 1.165) is 19.4 Å². The number of carbonyl (C=O) groups excluding carboxylic acids is 1. The zero-order valence-corrected chi connectivity index (χ0v) is 10.7. The second-order valence-electron chi connectivity index (χ2n) is 6.19. The minimum absolute atomic E-state index is 0.238. The topological polar surface area (TPSA) is 46.3 Å². The van der Waals surface area contributed by atoms with E-state index in [1.54, 1.807) is 0 Å². The maximum Gasteiger partial charge on any atom is 0.226 e. The Balaban J connectivity index is 1.97. The number of nitrogens with zero attached hydrogens (tertiary/aromatic N) is 1. The normalized spacial score (nSPS) is 36.1. The fourth-order valence-electron chi connectivity index (χ4n) is 3.10. The Kier molecular flexibility index (Phi) is 2.99. The molecule has 0 aliphatic heterocycles. The molecule has 1 amide bonds. The minimum atomic E-state index is 0.238. The zero-order chi connectivity index (χ0) is 11.9. The molecular formula is C13H24N2O. The fraction of sp³-hybridized carbons (Fsp3) is 0.923. The van der Waals surface area contributed by atoms with Gasteiger partial charge in [0.25, 0.3) is 0 Å². The highest BCUT2D eigenvalue weighted by Crippen LogP contribution is 2.52. The predicted octanol–water partition coefficient (Wildman–Crippen LogP) is 1.62. The van der Waals surface area contributed by atoms with E-state index < -0.39 is 0 Å². The van der Waals surface area contributed by atoms with Gasteiger partial charge in [-0.1, -0.05) is 20.3 Å². The lowest BCUT2D eigenvalue weighted by Crippen LogP contribution is -2.42. The van der Waals surface area contributed by atoms with E-state index in [4.69, 9.17) is 5.73 Å². The van der Waals surface area contributed by atoms with Crippen LogP contribution in [0.1, 0.15) is 39.5 Å². The Hall–Kier alpha value is -0.570. The van der Waals surface area contributed by atoms with Gasteiger partial charge in [0.05, 0.1) is 0 Å². The molecule has 0 radical (unpaired) electrons. The summed E-state index contributed by atoms with van der Waals surface area (Å²) >= 11 is 0. The average Bonchev–Trinajstić information content (AvgIpc) is 2.69. The van der Waals surface area contributed by atoms with Crippen LogP contribution in [-0.4, -0.2) is 30.4 Å². The van der Waals surface area contributed by atoms with Crippen molar-refractivity contribution < 1.29 is 4.79 Å². The minimum Gasteiger partial charge on any atom is -0.342 e. The summed E-state index contributed by atoms with van der Waals surface area (Å²) in [6.07, 6.45) is 4.60. The molecule has 3 nitrogen and oxygen atoms in total. The smallest absolute Gasteiger partial charge is 0.226 e. The molecule has 2 rings (SSSR count). The van der Waals surface area contributed by atoms with Gasteiger partial charge in [-0.05, 0) is 37.1 Å². The Morgan fingerprint density at radius 3 is 2.56 bits per heavy atom. The van der Waals surface area contributed by atoms with Crippen LogP contribution in [0.4, 0.5) is 0 Å². The summed E-state index contributed by atoms with van der Waals surface area (Å²) < 4.78 is 0. The maximum atomic E-state index is 12.3. The summed E-state index contributed by atoms with van der Waals surface area (Å²) in [6, 6.07) is 0.397. The monoisotopic (exact) mass is 224 g/mol. The van der Waals surface area contributed by atoms with Crippen molar-refractivity contribution in [1.82, 2.24) is 4.90 Å². The summed E-state index contributed by atoms with van der Waals surface area (Å²) in [7, 11) is 1.97. The quantitative estimate of drug-likeness (QED) is 0.792. The first kappa shape index (κ1) is 11.9. The molecule has 0 heterocycles. The van der Waals surface area contributed by atoms with E-state index in [0.29, 0.717) is 17.9 Å². The van der Waals surface area contributed by atoms with E-state index in [1.807, 2.05) is 11.9 Å². The standard InChI is InChI=1S/C13H24N2O/c1-13(2)7-10(13)12(16)15(3)11-6-4-5-9(11)8-14/h9-11H,4-8,14H2,1-3H3. The third-order valence-corrected chi connectivity index (χ3v) is 4.58. The Labute approximate surface area is 98.4 Å². The Bertz CT molecular complexity index is 288. The predicted molar refractivity (Wildman–Crippen MR) is 64.8 cm³/mol. The van der Waals surface area contributed by atoms with Crippen molar-refractivity contribution in [3.8, 4) is 0 Å². The molecule has 0 saturated heterocycles. The molecule has 2 N–H and O–H groups in total. The third kappa shape index (κ3) is 1.97. The summed E-state index contributed by atoms with van der Waals surface area (Å²) in [5, 5.41) is 0. The van der Waals surface area contributed by atoms with Crippen molar-refractivity contribution in [1.29, 1.82) is 0 Å². The van der Waals surface area contributed by atoms with Crippen LogP contribution < -0.4 is 5.73 Å². The van der Waals surface area contributed by atoms with Crippen molar-refractivity contribution in [2.45, 2.75) is 45.6 Å². The molecule has 2 aliphatic carbocycles. The van der Waals surface area contributed by atoms with Crippen molar-refractivity contribution in [2.24, 2.45) is 23.0 Å². The van der Waals surface area contributed by atoms with E-state index >= 15 is 0 Å². The summed E-state index contributed by atoms with van der Waals surface area (Å²) in [4.78, 5) is 14.2. The van der Waals surface area contributed by atoms with Crippen molar-refractivity contribution in [3.63, 3.8) is 0 Å². The van der Waals surface area contributed by atoms with E-state index in [2.05, 4.69) is 13.8 Å². The maximum absolute atomic E-state index is 12.3. The molecule has 0 spiro atoms. The molecule has 16 heavy (non-hydrogen) atoms.